The summed E-state index contributed by atoms with van der Waals surface area (Å²) in [5, 5.41) is 25.2. The van der Waals surface area contributed by atoms with Crippen molar-refractivity contribution in [2.75, 3.05) is 19.5 Å². The van der Waals surface area contributed by atoms with E-state index < -0.39 is 33.5 Å². The highest BCUT2D eigenvalue weighted by Crippen LogP contribution is 2.76. The first-order chi connectivity index (χ1) is 25.1. The van der Waals surface area contributed by atoms with Crippen LogP contribution in [0.15, 0.2) is 35.5 Å². The van der Waals surface area contributed by atoms with Gasteiger partial charge in [0.05, 0.1) is 16.3 Å². The molecule has 8 heteroatoms. The molecule has 10 atom stereocenters. The Bertz CT molecular complexity index is 1690. The molecule has 0 radical (unpaired) electrons. The Hall–Kier alpha value is -1.51. The molecule has 1 unspecified atom stereocenters. The van der Waals surface area contributed by atoms with Gasteiger partial charge in [-0.15, -0.1) is 0 Å². The van der Waals surface area contributed by atoms with Gasteiger partial charge in [0.1, 0.15) is 16.5 Å². The highest BCUT2D eigenvalue weighted by atomic mass is 32.2. The average Bonchev–Trinajstić information content (AvgIpc) is 3.48. The molecule has 54 heavy (non-hydrogen) atoms. The molecule has 7 rings (SSSR count). The Kier molecular flexibility index (Phi) is 10.2. The molecular formula is C46H72FNO5S. The van der Waals surface area contributed by atoms with Crippen LogP contribution in [0.2, 0.25) is 0 Å². The molecule has 0 amide bonds. The van der Waals surface area contributed by atoms with Gasteiger partial charge in [0.25, 0.3) is 0 Å². The number of nitrogens with one attached hydrogen (secondary N) is 1. The minimum Gasteiger partial charge on any atom is -0.481 e. The molecule has 0 aromatic carbocycles. The van der Waals surface area contributed by atoms with Crippen molar-refractivity contribution in [2.45, 2.75) is 167 Å². The van der Waals surface area contributed by atoms with E-state index in [1.165, 1.54) is 61.5 Å². The minimum absolute atomic E-state index is 0.0346. The molecule has 0 bridgehead atoms. The van der Waals surface area contributed by atoms with Crippen molar-refractivity contribution in [1.29, 1.82) is 0 Å². The van der Waals surface area contributed by atoms with Gasteiger partial charge in [-0.3, -0.25) is 4.79 Å². The molecule has 5 fully saturated rings. The summed E-state index contributed by atoms with van der Waals surface area (Å²) in [6.45, 7) is 19.7. The van der Waals surface area contributed by atoms with Crippen LogP contribution in [0.25, 0.3) is 0 Å². The van der Waals surface area contributed by atoms with Crippen molar-refractivity contribution in [3.8, 4) is 0 Å². The molecule has 6 nitrogen and oxygen atoms in total. The predicted molar refractivity (Wildman–Crippen MR) is 215 cm³/mol. The van der Waals surface area contributed by atoms with Gasteiger partial charge in [0, 0.05) is 11.8 Å². The highest BCUT2D eigenvalue weighted by Gasteiger charge is 2.70. The molecule has 0 heterocycles. The van der Waals surface area contributed by atoms with Crippen LogP contribution < -0.4 is 5.32 Å². The molecule has 3 N–H and O–H groups in total. The lowest BCUT2D eigenvalue weighted by atomic mass is 9.33. The fourth-order valence-electron chi connectivity index (χ4n) is 15.5. The highest BCUT2D eigenvalue weighted by molar-refractivity contribution is 7.91. The van der Waals surface area contributed by atoms with E-state index in [-0.39, 0.29) is 38.9 Å². The average molecular weight is 770 g/mol. The Morgan fingerprint density at radius 2 is 1.59 bits per heavy atom. The van der Waals surface area contributed by atoms with Crippen LogP contribution in [0.1, 0.15) is 151 Å². The van der Waals surface area contributed by atoms with Crippen molar-refractivity contribution in [2.24, 2.45) is 56.7 Å². The lowest BCUT2D eigenvalue weighted by Gasteiger charge is -2.72. The van der Waals surface area contributed by atoms with Gasteiger partial charge in [0.2, 0.25) is 0 Å². The second-order valence-corrected chi connectivity index (χ2v) is 23.8. The second-order valence-electron chi connectivity index (χ2n) is 21.5. The number of rotatable bonds is 9. The number of fused-ring (bicyclic) bond motifs is 7. The molecule has 0 aromatic heterocycles. The lowest BCUT2D eigenvalue weighted by molar-refractivity contribution is -0.221. The number of alkyl halides is 1. The summed E-state index contributed by atoms with van der Waals surface area (Å²) in [6, 6.07) is 0. The van der Waals surface area contributed by atoms with Crippen molar-refractivity contribution in [3.63, 3.8) is 0 Å². The van der Waals surface area contributed by atoms with E-state index in [1.54, 1.807) is 0 Å². The molecule has 7 aliphatic carbocycles. The minimum atomic E-state index is -3.07. The van der Waals surface area contributed by atoms with E-state index in [2.05, 4.69) is 65.6 Å². The zero-order valence-corrected chi connectivity index (χ0v) is 35.5. The smallest absolute Gasteiger partial charge is 0.312 e. The normalized spacial score (nSPS) is 47.3. The summed E-state index contributed by atoms with van der Waals surface area (Å²) in [5.74, 6) is 1.79. The molecule has 0 aromatic rings. The van der Waals surface area contributed by atoms with Crippen LogP contribution in [0, 0.1) is 56.7 Å². The third-order valence-corrected chi connectivity index (χ3v) is 20.5. The Balaban J connectivity index is 1.12. The van der Waals surface area contributed by atoms with Gasteiger partial charge in [-0.25, -0.2) is 12.8 Å². The van der Waals surface area contributed by atoms with Crippen LogP contribution in [0.3, 0.4) is 0 Å². The van der Waals surface area contributed by atoms with E-state index >= 15 is 0 Å². The molecule has 7 aliphatic rings. The van der Waals surface area contributed by atoms with Crippen LogP contribution in [-0.4, -0.2) is 60.5 Å². The molecule has 5 saturated carbocycles. The van der Waals surface area contributed by atoms with E-state index in [1.807, 2.05) is 0 Å². The predicted octanol–water partition coefficient (Wildman–Crippen LogP) is 9.78. The van der Waals surface area contributed by atoms with Crippen molar-refractivity contribution >= 4 is 15.8 Å². The summed E-state index contributed by atoms with van der Waals surface area (Å²) < 4.78 is 38.4. The van der Waals surface area contributed by atoms with Gasteiger partial charge < -0.3 is 15.5 Å². The Labute approximate surface area is 326 Å². The second kappa shape index (κ2) is 13.5. The van der Waals surface area contributed by atoms with Crippen molar-refractivity contribution in [3.05, 3.63) is 35.5 Å². The quantitative estimate of drug-likeness (QED) is 0.202. The summed E-state index contributed by atoms with van der Waals surface area (Å²) in [5.41, 5.74) is 2.54. The van der Waals surface area contributed by atoms with Crippen molar-refractivity contribution in [1.82, 2.24) is 5.32 Å². The maximum absolute atomic E-state index is 14.0. The third-order valence-electron chi connectivity index (χ3n) is 18.8. The summed E-state index contributed by atoms with van der Waals surface area (Å²) in [4.78, 5) is 12.0. The first-order valence-corrected chi connectivity index (χ1v) is 23.6. The van der Waals surface area contributed by atoms with Gasteiger partial charge >= 0.3 is 5.97 Å². The van der Waals surface area contributed by atoms with E-state index in [0.717, 1.165) is 25.8 Å². The first kappa shape index (κ1) is 40.7. The molecule has 304 valence electrons. The van der Waals surface area contributed by atoms with E-state index in [9.17, 15) is 27.8 Å². The fraction of sp³-hybridized carbons (Fsp3) is 0.848. The Morgan fingerprint density at radius 3 is 2.19 bits per heavy atom. The number of halogens is 1. The largest absolute Gasteiger partial charge is 0.481 e. The number of carbonyl (C=O) groups is 1. The van der Waals surface area contributed by atoms with Gasteiger partial charge in [-0.1, -0.05) is 58.9 Å². The topological polar surface area (TPSA) is 104 Å². The van der Waals surface area contributed by atoms with Crippen LogP contribution in [0.5, 0.6) is 0 Å². The van der Waals surface area contributed by atoms with Crippen LogP contribution in [0.4, 0.5) is 4.39 Å². The first-order valence-electron chi connectivity index (χ1n) is 21.6. The maximum Gasteiger partial charge on any atom is 0.312 e. The summed E-state index contributed by atoms with van der Waals surface area (Å²) in [7, 11) is -3.07. The van der Waals surface area contributed by atoms with E-state index in [0.29, 0.717) is 74.5 Å². The summed E-state index contributed by atoms with van der Waals surface area (Å²) >= 11 is 0. The molecule has 0 aliphatic heterocycles. The number of aliphatic carboxylic acids is 1. The number of hydrogen-bond donors (Lipinski definition) is 3. The third kappa shape index (κ3) is 6.09. The SMILES string of the molecule is C=C(C)[C@@H]1CCC2(NCCC3(O)CCC(S(C)(=O)=O)CC3)CC[C@]3(C)[C@H](CC[C@@H]4[C@@]5(C)CC=C(C6=CC[C@@](CF)(C(=O)O)CC6)C(C)(C)[C@@H]5CC[C@]43C)[C@@H]12. The zero-order valence-electron chi connectivity index (χ0n) is 34.7. The van der Waals surface area contributed by atoms with Gasteiger partial charge in [0.15, 0.2) is 0 Å². The van der Waals surface area contributed by atoms with Crippen LogP contribution >= 0.6 is 0 Å². The van der Waals surface area contributed by atoms with E-state index in [4.69, 9.17) is 0 Å². The Morgan fingerprint density at radius 1 is 0.889 bits per heavy atom. The number of carboxylic acid groups (broad SMARTS) is 1. The lowest BCUT2D eigenvalue weighted by Crippen LogP contribution is -2.68. The standard InChI is InChI=1S/C46H72FNO5S/c1-30(2)33-15-24-46(48-28-27-45(51)22-13-32(14-23-45)54(8,52)53)26-25-42(6)35(38(33)46)9-10-37-41(5)18-16-34(40(3,4)36(41)17-19-43(37,42)7)31-11-20-44(29-47,21-12-31)39(49)50/h11,16,32-33,35-38,48,51H,1,9-10,12-15,17-29H2,2-8H3,(H,49,50)/t32?,33-,35+,36-,37+,38+,41-,42+,43+,44+,45?,46?/m0/s1. The molecule has 0 spiro atoms. The fourth-order valence-corrected chi connectivity index (χ4v) is 16.6. The molecule has 0 saturated heterocycles. The van der Waals surface area contributed by atoms with Crippen LogP contribution in [-0.2, 0) is 14.6 Å². The number of carboxylic acids is 1. The number of aliphatic hydroxyl groups is 1. The zero-order chi connectivity index (χ0) is 39.3. The number of allylic oxidation sites excluding steroid dienone is 5. The summed E-state index contributed by atoms with van der Waals surface area (Å²) in [6.07, 6.45) is 20.8. The van der Waals surface area contributed by atoms with Crippen molar-refractivity contribution < 1.29 is 27.8 Å². The number of sulfone groups is 1. The monoisotopic (exact) mass is 770 g/mol. The molecular weight excluding hydrogens is 698 g/mol. The number of hydrogen-bond acceptors (Lipinski definition) is 5. The van der Waals surface area contributed by atoms with Gasteiger partial charge in [-0.05, 0) is 185 Å². The van der Waals surface area contributed by atoms with Gasteiger partial charge in [-0.2, -0.15) is 0 Å². The maximum atomic E-state index is 14.0.